The fraction of sp³-hybridized carbons (Fsp3) is 0.200. The lowest BCUT2D eigenvalue weighted by Crippen LogP contribution is -2.29. The number of nitrogens with zero attached hydrogens (tertiary/aromatic N) is 1. The first kappa shape index (κ1) is 20.6. The maximum atomic E-state index is 12.8. The zero-order valence-electron chi connectivity index (χ0n) is 16.8. The van der Waals surface area contributed by atoms with E-state index in [-0.39, 0.29) is 22.7 Å². The van der Waals surface area contributed by atoms with Crippen molar-refractivity contribution >= 4 is 28.5 Å². The van der Waals surface area contributed by atoms with Crippen molar-refractivity contribution < 1.29 is 19.1 Å². The third-order valence-electron chi connectivity index (χ3n) is 4.39. The Hall–Kier alpha value is -4.08. The number of hydrogen-bond acceptors (Lipinski definition) is 6. The van der Waals surface area contributed by atoms with Gasteiger partial charge in [-0.15, -0.1) is 0 Å². The highest BCUT2D eigenvalue weighted by Gasteiger charge is 2.20. The summed E-state index contributed by atoms with van der Waals surface area (Å²) in [5.41, 5.74) is -0.273. The van der Waals surface area contributed by atoms with E-state index in [9.17, 15) is 19.2 Å². The van der Waals surface area contributed by atoms with Crippen LogP contribution in [0.1, 0.15) is 20.7 Å². The van der Waals surface area contributed by atoms with E-state index >= 15 is 0 Å². The molecule has 0 atom stereocenters. The summed E-state index contributed by atoms with van der Waals surface area (Å²) in [6.07, 6.45) is 0. The average Bonchev–Trinajstić information content (AvgIpc) is 2.73. The van der Waals surface area contributed by atoms with Crippen LogP contribution in [0.5, 0.6) is 11.5 Å². The number of aromatic nitrogens is 2. The van der Waals surface area contributed by atoms with Gasteiger partial charge in [0.25, 0.3) is 11.8 Å². The number of aromatic amines is 2. The van der Waals surface area contributed by atoms with Gasteiger partial charge in [0.2, 0.25) is 0 Å². The Morgan fingerprint density at radius 2 is 1.50 bits per heavy atom. The number of methoxy groups -OCH3 is 2. The van der Waals surface area contributed by atoms with E-state index in [1.54, 1.807) is 14.1 Å². The Morgan fingerprint density at radius 3 is 2.10 bits per heavy atom. The number of amides is 2. The number of carbonyl (C=O) groups is 2. The number of ether oxygens (including phenoxy) is 2. The second-order valence-electron chi connectivity index (χ2n) is 6.58. The largest absolute Gasteiger partial charge is 0.493 e. The van der Waals surface area contributed by atoms with E-state index in [2.05, 4.69) is 15.3 Å². The average molecular weight is 412 g/mol. The van der Waals surface area contributed by atoms with Crippen LogP contribution >= 0.6 is 0 Å². The molecule has 3 N–H and O–H groups in total. The first-order valence-corrected chi connectivity index (χ1v) is 8.80. The summed E-state index contributed by atoms with van der Waals surface area (Å²) in [5, 5.41) is 2.69. The number of nitrogens with one attached hydrogen (secondary N) is 3. The van der Waals surface area contributed by atoms with E-state index in [1.807, 2.05) is 0 Å². The van der Waals surface area contributed by atoms with Crippen molar-refractivity contribution in [2.24, 2.45) is 0 Å². The molecule has 0 radical (unpaired) electrons. The van der Waals surface area contributed by atoms with E-state index in [0.717, 1.165) is 0 Å². The minimum atomic E-state index is -0.821. The molecule has 1 aromatic heterocycles. The van der Waals surface area contributed by atoms with Crippen LogP contribution in [-0.2, 0) is 0 Å². The molecule has 0 spiro atoms. The molecule has 0 unspecified atom stereocenters. The van der Waals surface area contributed by atoms with Crippen LogP contribution in [0.15, 0.2) is 39.9 Å². The molecule has 2 amide bonds. The quantitative estimate of drug-likeness (QED) is 0.539. The number of rotatable bonds is 5. The number of carbonyl (C=O) groups excluding carboxylic acids is 2. The van der Waals surface area contributed by atoms with Crippen LogP contribution in [-0.4, -0.2) is 55.0 Å². The monoisotopic (exact) mass is 412 g/mol. The summed E-state index contributed by atoms with van der Waals surface area (Å²) in [6.45, 7) is 0. The summed E-state index contributed by atoms with van der Waals surface area (Å²) in [5.74, 6) is -0.188. The molecule has 2 aromatic carbocycles. The second kappa shape index (κ2) is 8.11. The molecule has 0 saturated carbocycles. The molecule has 0 aliphatic heterocycles. The maximum absolute atomic E-state index is 12.8. The summed E-state index contributed by atoms with van der Waals surface area (Å²) in [4.78, 5) is 54.6. The predicted molar refractivity (Wildman–Crippen MR) is 111 cm³/mol. The van der Waals surface area contributed by atoms with Gasteiger partial charge in [0.15, 0.2) is 11.5 Å². The molecule has 0 aliphatic rings. The standard InChI is InChI=1S/C20H20N4O6/c1-24(2)20(28)11-8-15(29-3)16(30-4)9-13(11)22-17(25)10-5-6-12-14(7-10)23-19(27)18(26)21-12/h5-9H,1-4H3,(H,21,26)(H,22,25)(H,23,27). The van der Waals surface area contributed by atoms with Crippen molar-refractivity contribution in [3.05, 3.63) is 62.2 Å². The molecule has 30 heavy (non-hydrogen) atoms. The zero-order chi connectivity index (χ0) is 22.0. The molecule has 1 heterocycles. The van der Waals surface area contributed by atoms with Gasteiger partial charge in [-0.3, -0.25) is 19.2 Å². The predicted octanol–water partition coefficient (Wildman–Crippen LogP) is 1.19. The van der Waals surface area contributed by atoms with Crippen LogP contribution in [0, 0.1) is 0 Å². The van der Waals surface area contributed by atoms with Gasteiger partial charge in [0.05, 0.1) is 36.5 Å². The molecular weight excluding hydrogens is 392 g/mol. The fourth-order valence-electron chi connectivity index (χ4n) is 2.85. The van der Waals surface area contributed by atoms with Crippen molar-refractivity contribution in [3.63, 3.8) is 0 Å². The van der Waals surface area contributed by atoms with Crippen LogP contribution < -0.4 is 25.9 Å². The van der Waals surface area contributed by atoms with Crippen LogP contribution in [0.2, 0.25) is 0 Å². The zero-order valence-corrected chi connectivity index (χ0v) is 16.8. The Kier molecular flexibility index (Phi) is 5.58. The number of anilines is 1. The van der Waals surface area contributed by atoms with E-state index in [4.69, 9.17) is 9.47 Å². The van der Waals surface area contributed by atoms with Crippen molar-refractivity contribution in [2.45, 2.75) is 0 Å². The summed E-state index contributed by atoms with van der Waals surface area (Å²) >= 11 is 0. The highest BCUT2D eigenvalue weighted by atomic mass is 16.5. The van der Waals surface area contributed by atoms with Gasteiger partial charge in [-0.2, -0.15) is 0 Å². The summed E-state index contributed by atoms with van der Waals surface area (Å²) in [7, 11) is 6.06. The lowest BCUT2D eigenvalue weighted by molar-refractivity contribution is 0.0828. The highest BCUT2D eigenvalue weighted by Crippen LogP contribution is 2.34. The van der Waals surface area contributed by atoms with Crippen LogP contribution in [0.3, 0.4) is 0 Å². The van der Waals surface area contributed by atoms with Crippen molar-refractivity contribution in [1.29, 1.82) is 0 Å². The Morgan fingerprint density at radius 1 is 0.900 bits per heavy atom. The number of hydrogen-bond donors (Lipinski definition) is 3. The van der Waals surface area contributed by atoms with E-state index in [1.165, 1.54) is 49.5 Å². The normalized spacial score (nSPS) is 10.5. The molecule has 3 rings (SSSR count). The summed E-state index contributed by atoms with van der Waals surface area (Å²) < 4.78 is 10.5. The molecule has 10 heteroatoms. The van der Waals surface area contributed by atoms with Crippen LogP contribution in [0.4, 0.5) is 5.69 Å². The molecule has 0 bridgehead atoms. The second-order valence-corrected chi connectivity index (χ2v) is 6.58. The lowest BCUT2D eigenvalue weighted by atomic mass is 10.1. The van der Waals surface area contributed by atoms with Crippen molar-refractivity contribution in [2.75, 3.05) is 33.6 Å². The fourth-order valence-corrected chi connectivity index (χ4v) is 2.85. The molecule has 156 valence electrons. The minimum Gasteiger partial charge on any atom is -0.493 e. The molecular formula is C20H20N4O6. The van der Waals surface area contributed by atoms with E-state index < -0.39 is 17.0 Å². The number of benzene rings is 2. The van der Waals surface area contributed by atoms with Gasteiger partial charge in [-0.25, -0.2) is 0 Å². The topological polar surface area (TPSA) is 134 Å². The molecule has 0 fully saturated rings. The minimum absolute atomic E-state index is 0.211. The Balaban J connectivity index is 2.04. The SMILES string of the molecule is COc1cc(NC(=O)c2ccc3[nH]c(=O)c(=O)[nH]c3c2)c(C(=O)N(C)C)cc1OC. The van der Waals surface area contributed by atoms with Gasteiger partial charge in [-0.05, 0) is 24.3 Å². The molecule has 10 nitrogen and oxygen atoms in total. The first-order chi connectivity index (χ1) is 14.2. The Labute approximate surface area is 170 Å². The van der Waals surface area contributed by atoms with Gasteiger partial charge in [-0.1, -0.05) is 0 Å². The smallest absolute Gasteiger partial charge is 0.314 e. The van der Waals surface area contributed by atoms with Gasteiger partial charge >= 0.3 is 11.1 Å². The Bertz CT molecular complexity index is 1260. The molecule has 0 aliphatic carbocycles. The number of fused-ring (bicyclic) bond motifs is 1. The van der Waals surface area contributed by atoms with Gasteiger partial charge < -0.3 is 29.7 Å². The summed E-state index contributed by atoms with van der Waals surface area (Å²) in [6, 6.07) is 7.39. The van der Waals surface area contributed by atoms with Crippen molar-refractivity contribution in [1.82, 2.24) is 14.9 Å². The van der Waals surface area contributed by atoms with Crippen molar-refractivity contribution in [3.8, 4) is 11.5 Å². The lowest BCUT2D eigenvalue weighted by Gasteiger charge is -2.18. The molecule has 3 aromatic rings. The first-order valence-electron chi connectivity index (χ1n) is 8.80. The van der Waals surface area contributed by atoms with E-state index in [0.29, 0.717) is 22.5 Å². The third kappa shape index (κ3) is 3.88. The molecule has 0 saturated heterocycles. The van der Waals surface area contributed by atoms with Crippen LogP contribution in [0.25, 0.3) is 11.0 Å². The van der Waals surface area contributed by atoms with Gasteiger partial charge in [0.1, 0.15) is 0 Å². The van der Waals surface area contributed by atoms with Gasteiger partial charge in [0, 0.05) is 25.7 Å². The highest BCUT2D eigenvalue weighted by molar-refractivity contribution is 6.10. The number of H-pyrrole nitrogens is 2. The maximum Gasteiger partial charge on any atom is 0.314 e. The third-order valence-corrected chi connectivity index (χ3v) is 4.39.